The topological polar surface area (TPSA) is 27.3 Å². The van der Waals surface area contributed by atoms with Gasteiger partial charge < -0.3 is 10.6 Å². The lowest BCUT2D eigenvalue weighted by molar-refractivity contribution is 0.199. The molecule has 1 fully saturated rings. The van der Waals surface area contributed by atoms with E-state index in [-0.39, 0.29) is 0 Å². The number of rotatable bonds is 4. The van der Waals surface area contributed by atoms with Crippen LogP contribution >= 0.6 is 23.8 Å². The molecule has 132 valence electrons. The number of likely N-dealkylation sites (tertiary alicyclic amines) is 1. The van der Waals surface area contributed by atoms with Crippen molar-refractivity contribution in [1.82, 2.24) is 10.2 Å². The average Bonchev–Trinajstić information content (AvgIpc) is 2.61. The quantitative estimate of drug-likeness (QED) is 0.766. The monoisotopic (exact) mass is 373 g/mol. The van der Waals surface area contributed by atoms with Crippen molar-refractivity contribution >= 4 is 34.6 Å². The highest BCUT2D eigenvalue weighted by atomic mass is 35.5. The van der Waals surface area contributed by atoms with Gasteiger partial charge in [0.2, 0.25) is 0 Å². The summed E-state index contributed by atoms with van der Waals surface area (Å²) in [5.74, 6) is 0. The van der Waals surface area contributed by atoms with Crippen LogP contribution in [-0.4, -0.2) is 29.1 Å². The van der Waals surface area contributed by atoms with Crippen LogP contribution in [0.5, 0.6) is 0 Å². The number of aryl methyl sites for hydroxylation is 1. The molecule has 1 aliphatic rings. The zero-order valence-corrected chi connectivity index (χ0v) is 16.0. The van der Waals surface area contributed by atoms with Gasteiger partial charge in [0, 0.05) is 36.4 Å². The molecule has 2 aromatic rings. The molecule has 0 unspecified atom stereocenters. The Hall–Kier alpha value is -1.62. The largest absolute Gasteiger partial charge is 0.360 e. The van der Waals surface area contributed by atoms with E-state index in [0.717, 1.165) is 48.7 Å². The summed E-state index contributed by atoms with van der Waals surface area (Å²) in [6.07, 6.45) is 2.20. The molecule has 0 radical (unpaired) electrons. The second kappa shape index (κ2) is 8.65. The number of hydrogen-bond acceptors (Lipinski definition) is 2. The van der Waals surface area contributed by atoms with E-state index in [9.17, 15) is 0 Å². The molecule has 1 aliphatic heterocycles. The standard InChI is InChI=1S/C20H24ClN3S/c1-15-7-8-18(13-19(15)21)23-20(25)22-17-9-11-24(12-10-17)14-16-5-3-2-4-6-16/h2-8,13,17H,9-12,14H2,1H3,(H2,22,23,25). The van der Waals surface area contributed by atoms with Gasteiger partial charge in [0.05, 0.1) is 0 Å². The molecule has 0 aromatic heterocycles. The maximum Gasteiger partial charge on any atom is 0.170 e. The average molecular weight is 374 g/mol. The van der Waals surface area contributed by atoms with Crippen molar-refractivity contribution in [2.75, 3.05) is 18.4 Å². The third kappa shape index (κ3) is 5.43. The minimum absolute atomic E-state index is 0.424. The lowest BCUT2D eigenvalue weighted by atomic mass is 10.0. The molecule has 3 rings (SSSR count). The minimum Gasteiger partial charge on any atom is -0.360 e. The first-order valence-corrected chi connectivity index (χ1v) is 9.49. The van der Waals surface area contributed by atoms with Gasteiger partial charge in [-0.1, -0.05) is 48.0 Å². The molecule has 5 heteroatoms. The fourth-order valence-electron chi connectivity index (χ4n) is 3.10. The lowest BCUT2D eigenvalue weighted by Crippen LogP contribution is -2.45. The van der Waals surface area contributed by atoms with Crippen molar-refractivity contribution in [3.8, 4) is 0 Å². The van der Waals surface area contributed by atoms with E-state index in [0.29, 0.717) is 11.2 Å². The van der Waals surface area contributed by atoms with Crippen LogP contribution < -0.4 is 10.6 Å². The summed E-state index contributed by atoms with van der Waals surface area (Å²) in [6, 6.07) is 17.0. The number of benzene rings is 2. The third-order valence-electron chi connectivity index (χ3n) is 4.60. The molecule has 2 aromatic carbocycles. The van der Waals surface area contributed by atoms with Gasteiger partial charge in [-0.15, -0.1) is 0 Å². The van der Waals surface area contributed by atoms with Gasteiger partial charge in [0.15, 0.2) is 5.11 Å². The summed E-state index contributed by atoms with van der Waals surface area (Å²) in [5, 5.41) is 8.09. The van der Waals surface area contributed by atoms with Gasteiger partial charge in [-0.2, -0.15) is 0 Å². The van der Waals surface area contributed by atoms with Gasteiger partial charge in [0.1, 0.15) is 0 Å². The van der Waals surface area contributed by atoms with E-state index < -0.39 is 0 Å². The van der Waals surface area contributed by atoms with Crippen LogP contribution in [-0.2, 0) is 6.54 Å². The zero-order valence-electron chi connectivity index (χ0n) is 14.5. The number of nitrogens with zero attached hydrogens (tertiary/aromatic N) is 1. The Labute approximate surface area is 160 Å². The highest BCUT2D eigenvalue weighted by Crippen LogP contribution is 2.20. The Balaban J connectivity index is 1.43. The molecular weight excluding hydrogens is 350 g/mol. The maximum absolute atomic E-state index is 6.16. The van der Waals surface area contributed by atoms with Crippen LogP contribution in [0.25, 0.3) is 0 Å². The molecule has 1 heterocycles. The second-order valence-electron chi connectivity index (χ2n) is 6.60. The van der Waals surface area contributed by atoms with Gasteiger partial charge >= 0.3 is 0 Å². The second-order valence-corrected chi connectivity index (χ2v) is 7.41. The van der Waals surface area contributed by atoms with E-state index in [2.05, 4.69) is 45.9 Å². The predicted octanol–water partition coefficient (Wildman–Crippen LogP) is 4.60. The van der Waals surface area contributed by atoms with Crippen molar-refractivity contribution in [2.45, 2.75) is 32.4 Å². The predicted molar refractivity (Wildman–Crippen MR) is 110 cm³/mol. The van der Waals surface area contributed by atoms with E-state index >= 15 is 0 Å². The summed E-state index contributed by atoms with van der Waals surface area (Å²) in [6.45, 7) is 5.20. The maximum atomic E-state index is 6.16. The Morgan fingerprint density at radius 2 is 1.88 bits per heavy atom. The minimum atomic E-state index is 0.424. The normalized spacial score (nSPS) is 15.8. The first-order valence-electron chi connectivity index (χ1n) is 8.70. The molecule has 3 nitrogen and oxygen atoms in total. The van der Waals surface area contributed by atoms with E-state index in [1.165, 1.54) is 5.56 Å². The molecule has 0 bridgehead atoms. The van der Waals surface area contributed by atoms with Gasteiger partial charge in [-0.05, 0) is 55.2 Å². The summed E-state index contributed by atoms with van der Waals surface area (Å²) in [7, 11) is 0. The Morgan fingerprint density at radius 3 is 2.56 bits per heavy atom. The number of piperidine rings is 1. The molecule has 1 saturated heterocycles. The first-order chi connectivity index (χ1) is 12.1. The van der Waals surface area contributed by atoms with Crippen molar-refractivity contribution in [3.05, 3.63) is 64.7 Å². The SMILES string of the molecule is Cc1ccc(NC(=S)NC2CCN(Cc3ccccc3)CC2)cc1Cl. The highest BCUT2D eigenvalue weighted by molar-refractivity contribution is 7.80. The summed E-state index contributed by atoms with van der Waals surface area (Å²) in [4.78, 5) is 2.50. The first kappa shape index (κ1) is 18.2. The van der Waals surface area contributed by atoms with Gasteiger partial charge in [-0.25, -0.2) is 0 Å². The Kier molecular flexibility index (Phi) is 6.29. The van der Waals surface area contributed by atoms with Gasteiger partial charge in [0.25, 0.3) is 0 Å². The van der Waals surface area contributed by atoms with E-state index in [1.54, 1.807) is 0 Å². The molecule has 2 N–H and O–H groups in total. The fourth-order valence-corrected chi connectivity index (χ4v) is 3.57. The summed E-state index contributed by atoms with van der Waals surface area (Å²) < 4.78 is 0. The van der Waals surface area contributed by atoms with Crippen molar-refractivity contribution in [1.29, 1.82) is 0 Å². The molecule has 0 saturated carbocycles. The molecule has 0 amide bonds. The van der Waals surface area contributed by atoms with E-state index in [1.807, 2.05) is 25.1 Å². The van der Waals surface area contributed by atoms with Crippen LogP contribution in [0.3, 0.4) is 0 Å². The Morgan fingerprint density at radius 1 is 1.16 bits per heavy atom. The van der Waals surface area contributed by atoms with Crippen LogP contribution in [0.4, 0.5) is 5.69 Å². The summed E-state index contributed by atoms with van der Waals surface area (Å²) in [5.41, 5.74) is 3.37. The van der Waals surface area contributed by atoms with Gasteiger partial charge in [-0.3, -0.25) is 4.90 Å². The van der Waals surface area contributed by atoms with Crippen molar-refractivity contribution in [3.63, 3.8) is 0 Å². The number of thiocarbonyl (C=S) groups is 1. The van der Waals surface area contributed by atoms with Crippen LogP contribution in [0.1, 0.15) is 24.0 Å². The van der Waals surface area contributed by atoms with Crippen LogP contribution in [0.15, 0.2) is 48.5 Å². The number of nitrogens with one attached hydrogen (secondary N) is 2. The molecule has 0 atom stereocenters. The molecule has 25 heavy (non-hydrogen) atoms. The summed E-state index contributed by atoms with van der Waals surface area (Å²) >= 11 is 11.6. The Bertz CT molecular complexity index is 712. The van der Waals surface area contributed by atoms with Crippen LogP contribution in [0, 0.1) is 6.92 Å². The highest BCUT2D eigenvalue weighted by Gasteiger charge is 2.19. The number of anilines is 1. The van der Waals surface area contributed by atoms with Crippen molar-refractivity contribution < 1.29 is 0 Å². The van der Waals surface area contributed by atoms with Crippen LogP contribution in [0.2, 0.25) is 5.02 Å². The molecule has 0 aliphatic carbocycles. The number of halogens is 1. The molecule has 0 spiro atoms. The fraction of sp³-hybridized carbons (Fsp3) is 0.350. The van der Waals surface area contributed by atoms with Crippen molar-refractivity contribution in [2.24, 2.45) is 0 Å². The van der Waals surface area contributed by atoms with E-state index in [4.69, 9.17) is 23.8 Å². The zero-order chi connectivity index (χ0) is 17.6. The molecular formula is C20H24ClN3S. The smallest absolute Gasteiger partial charge is 0.170 e. The number of hydrogen-bond donors (Lipinski definition) is 2. The third-order valence-corrected chi connectivity index (χ3v) is 5.23. The lowest BCUT2D eigenvalue weighted by Gasteiger charge is -2.33.